The van der Waals surface area contributed by atoms with E-state index >= 15 is 0 Å². The van der Waals surface area contributed by atoms with E-state index < -0.39 is 16.0 Å². The number of esters is 1. The summed E-state index contributed by atoms with van der Waals surface area (Å²) in [5.41, 5.74) is 0.882. The van der Waals surface area contributed by atoms with E-state index in [9.17, 15) is 18.0 Å². The third-order valence-corrected chi connectivity index (χ3v) is 5.88. The highest BCUT2D eigenvalue weighted by atomic mass is 32.2. The monoisotopic (exact) mass is 354 g/mol. The first-order valence-electron chi connectivity index (χ1n) is 7.76. The van der Waals surface area contributed by atoms with Crippen LogP contribution in [0.2, 0.25) is 0 Å². The molecule has 1 saturated heterocycles. The maximum absolute atomic E-state index is 12.6. The number of hydrogen-bond donors (Lipinski definition) is 0. The van der Waals surface area contributed by atoms with Crippen molar-refractivity contribution in [2.45, 2.75) is 24.7 Å². The Morgan fingerprint density at radius 1 is 1.12 bits per heavy atom. The summed E-state index contributed by atoms with van der Waals surface area (Å²) < 4.78 is 31.2. The van der Waals surface area contributed by atoms with Gasteiger partial charge in [-0.3, -0.25) is 9.59 Å². The summed E-state index contributed by atoms with van der Waals surface area (Å²) in [7, 11) is -2.26. The van der Waals surface area contributed by atoms with Crippen LogP contribution in [-0.4, -0.2) is 62.8 Å². The van der Waals surface area contributed by atoms with Crippen molar-refractivity contribution < 1.29 is 22.7 Å². The van der Waals surface area contributed by atoms with Crippen molar-refractivity contribution in [2.24, 2.45) is 0 Å². The van der Waals surface area contributed by atoms with Crippen LogP contribution in [0.25, 0.3) is 0 Å². The van der Waals surface area contributed by atoms with Crippen molar-refractivity contribution in [3.8, 4) is 0 Å². The van der Waals surface area contributed by atoms with E-state index in [4.69, 9.17) is 0 Å². The number of benzene rings is 1. The van der Waals surface area contributed by atoms with Gasteiger partial charge in [-0.2, -0.15) is 4.31 Å². The average Bonchev–Trinajstić information content (AvgIpc) is 2.59. The lowest BCUT2D eigenvalue weighted by molar-refractivity contribution is -0.143. The number of sulfonamides is 1. The Hall–Kier alpha value is -1.93. The molecule has 0 aromatic heterocycles. The molecule has 2 rings (SSSR count). The lowest BCUT2D eigenvalue weighted by Gasteiger charge is -2.34. The summed E-state index contributed by atoms with van der Waals surface area (Å²) in [4.78, 5) is 25.0. The zero-order valence-electron chi connectivity index (χ0n) is 13.9. The van der Waals surface area contributed by atoms with Crippen molar-refractivity contribution in [3.63, 3.8) is 0 Å². The van der Waals surface area contributed by atoms with Crippen LogP contribution < -0.4 is 0 Å². The van der Waals surface area contributed by atoms with Gasteiger partial charge >= 0.3 is 5.97 Å². The van der Waals surface area contributed by atoms with Crippen LogP contribution in [0.1, 0.15) is 18.4 Å². The fraction of sp³-hybridized carbons (Fsp3) is 0.500. The van der Waals surface area contributed by atoms with Crippen LogP contribution in [0.3, 0.4) is 0 Å². The summed E-state index contributed by atoms with van der Waals surface area (Å²) in [6.45, 7) is 2.99. The minimum Gasteiger partial charge on any atom is -0.469 e. The quantitative estimate of drug-likeness (QED) is 0.730. The van der Waals surface area contributed by atoms with Gasteiger partial charge in [0.15, 0.2) is 0 Å². The molecule has 1 aliphatic heterocycles. The summed E-state index contributed by atoms with van der Waals surface area (Å²) in [5, 5.41) is 0. The number of carbonyl (C=O) groups is 2. The number of aryl methyl sites for hydroxylation is 1. The Kier molecular flexibility index (Phi) is 5.95. The average molecular weight is 354 g/mol. The topological polar surface area (TPSA) is 84.0 Å². The van der Waals surface area contributed by atoms with E-state index in [2.05, 4.69) is 4.74 Å². The number of nitrogens with zero attached hydrogens (tertiary/aromatic N) is 2. The van der Waals surface area contributed by atoms with E-state index in [1.165, 1.54) is 11.4 Å². The van der Waals surface area contributed by atoms with E-state index in [1.807, 2.05) is 13.0 Å². The standard InChI is InChI=1S/C16H22N2O5S/c1-13-4-3-5-14(12-13)24(21,22)18-10-8-17(9-11-18)15(19)6-7-16(20)23-2/h3-5,12H,6-11H2,1-2H3. The first-order valence-corrected chi connectivity index (χ1v) is 9.20. The molecule has 0 aliphatic carbocycles. The predicted octanol–water partition coefficient (Wildman–Crippen LogP) is 0.781. The Morgan fingerprint density at radius 2 is 1.79 bits per heavy atom. The molecule has 7 nitrogen and oxygen atoms in total. The zero-order chi connectivity index (χ0) is 17.7. The van der Waals surface area contributed by atoms with Gasteiger partial charge in [-0.05, 0) is 24.6 Å². The second-order valence-electron chi connectivity index (χ2n) is 5.68. The summed E-state index contributed by atoms with van der Waals surface area (Å²) in [5.74, 6) is -0.586. The maximum atomic E-state index is 12.6. The number of methoxy groups -OCH3 is 1. The molecule has 24 heavy (non-hydrogen) atoms. The minimum absolute atomic E-state index is 0.0388. The molecular formula is C16H22N2O5S. The highest BCUT2D eigenvalue weighted by Crippen LogP contribution is 2.19. The van der Waals surface area contributed by atoms with Crippen molar-refractivity contribution in [3.05, 3.63) is 29.8 Å². The first kappa shape index (κ1) is 18.4. The van der Waals surface area contributed by atoms with Crippen LogP contribution in [0.5, 0.6) is 0 Å². The molecule has 8 heteroatoms. The van der Waals surface area contributed by atoms with Crippen LogP contribution in [0, 0.1) is 6.92 Å². The number of piperazine rings is 1. The lowest BCUT2D eigenvalue weighted by atomic mass is 10.2. The normalized spacial score (nSPS) is 16.0. The molecule has 0 spiro atoms. The van der Waals surface area contributed by atoms with Crippen molar-refractivity contribution in [1.82, 2.24) is 9.21 Å². The largest absolute Gasteiger partial charge is 0.469 e. The predicted molar refractivity (Wildman–Crippen MR) is 87.8 cm³/mol. The van der Waals surface area contributed by atoms with Crippen LogP contribution in [0.4, 0.5) is 0 Å². The molecule has 0 unspecified atom stereocenters. The van der Waals surface area contributed by atoms with Gasteiger partial charge in [0.2, 0.25) is 15.9 Å². The van der Waals surface area contributed by atoms with E-state index in [-0.39, 0.29) is 36.7 Å². The SMILES string of the molecule is COC(=O)CCC(=O)N1CCN(S(=O)(=O)c2cccc(C)c2)CC1. The van der Waals surface area contributed by atoms with Gasteiger partial charge in [-0.1, -0.05) is 12.1 Å². The fourth-order valence-corrected chi connectivity index (χ4v) is 4.10. The Bertz CT molecular complexity index is 709. The highest BCUT2D eigenvalue weighted by molar-refractivity contribution is 7.89. The van der Waals surface area contributed by atoms with Crippen LogP contribution in [-0.2, 0) is 24.3 Å². The number of ether oxygens (including phenoxy) is 1. The van der Waals surface area contributed by atoms with Gasteiger partial charge in [0.25, 0.3) is 0 Å². The lowest BCUT2D eigenvalue weighted by Crippen LogP contribution is -2.50. The van der Waals surface area contributed by atoms with Crippen molar-refractivity contribution in [2.75, 3.05) is 33.3 Å². The number of rotatable bonds is 5. The summed E-state index contributed by atoms with van der Waals surface area (Å²) in [6.07, 6.45) is 0.119. The van der Waals surface area contributed by atoms with Gasteiger partial charge in [0.05, 0.1) is 18.4 Å². The Labute approximate surface area is 142 Å². The molecular weight excluding hydrogens is 332 g/mol. The van der Waals surface area contributed by atoms with Gasteiger partial charge in [0, 0.05) is 32.6 Å². The zero-order valence-corrected chi connectivity index (χ0v) is 14.7. The molecule has 1 amide bonds. The second-order valence-corrected chi connectivity index (χ2v) is 7.62. The molecule has 0 radical (unpaired) electrons. The van der Waals surface area contributed by atoms with Gasteiger partial charge in [-0.25, -0.2) is 8.42 Å². The van der Waals surface area contributed by atoms with E-state index in [0.29, 0.717) is 13.1 Å². The van der Waals surface area contributed by atoms with E-state index in [1.54, 1.807) is 23.1 Å². The van der Waals surface area contributed by atoms with Gasteiger partial charge in [-0.15, -0.1) is 0 Å². The third-order valence-electron chi connectivity index (χ3n) is 3.99. The molecule has 1 fully saturated rings. The highest BCUT2D eigenvalue weighted by Gasteiger charge is 2.30. The second kappa shape index (κ2) is 7.76. The number of amides is 1. The number of hydrogen-bond acceptors (Lipinski definition) is 5. The van der Waals surface area contributed by atoms with Gasteiger partial charge < -0.3 is 9.64 Å². The summed E-state index contributed by atoms with van der Waals surface area (Å²) in [6, 6.07) is 6.78. The van der Waals surface area contributed by atoms with Gasteiger partial charge in [0.1, 0.15) is 0 Å². The Morgan fingerprint density at radius 3 is 2.38 bits per heavy atom. The molecule has 0 saturated carbocycles. The molecule has 1 aromatic carbocycles. The van der Waals surface area contributed by atoms with Crippen LogP contribution >= 0.6 is 0 Å². The maximum Gasteiger partial charge on any atom is 0.306 e. The fourth-order valence-electron chi connectivity index (χ4n) is 2.57. The smallest absolute Gasteiger partial charge is 0.306 e. The molecule has 0 N–H and O–H groups in total. The third kappa shape index (κ3) is 4.33. The molecule has 1 aliphatic rings. The van der Waals surface area contributed by atoms with Crippen molar-refractivity contribution in [1.29, 1.82) is 0 Å². The van der Waals surface area contributed by atoms with E-state index in [0.717, 1.165) is 5.56 Å². The molecule has 0 atom stereocenters. The number of carbonyl (C=O) groups excluding carboxylic acids is 2. The minimum atomic E-state index is -3.54. The van der Waals surface area contributed by atoms with Crippen LogP contribution in [0.15, 0.2) is 29.2 Å². The molecule has 1 aromatic rings. The molecule has 132 valence electrons. The molecule has 1 heterocycles. The van der Waals surface area contributed by atoms with Crippen molar-refractivity contribution >= 4 is 21.9 Å². The summed E-state index contributed by atoms with van der Waals surface area (Å²) >= 11 is 0. The Balaban J connectivity index is 1.94. The first-order chi connectivity index (χ1) is 11.3. The molecule has 0 bridgehead atoms.